The molecular weight excluding hydrogens is 468 g/mol. The fraction of sp³-hybridized carbons (Fsp3) is 0.167. The zero-order valence-corrected chi connectivity index (χ0v) is 20.3. The summed E-state index contributed by atoms with van der Waals surface area (Å²) in [7, 11) is 1.58. The monoisotopic (exact) mass is 494 g/mol. The summed E-state index contributed by atoms with van der Waals surface area (Å²) in [6.07, 6.45) is 1.01. The smallest absolute Gasteiger partial charge is 0.407 e. The van der Waals surface area contributed by atoms with E-state index in [4.69, 9.17) is 9.47 Å². The van der Waals surface area contributed by atoms with Crippen LogP contribution in [0.1, 0.15) is 22.6 Å². The standard InChI is InChI=1S/C30H26N2O5/c1-36-21-14-15-27(31-17-21)20-12-10-19(11-13-20)16-28(29(33)34)32-30(35)37-18-26-24-8-4-2-6-22(24)23-7-3-5-9-25(23)26/h2-15,17,26,28H,16,18H2,1H3,(H,32,35)(H,33,34)/t28-/m0/s1. The van der Waals surface area contributed by atoms with Crippen LogP contribution in [0.25, 0.3) is 22.4 Å². The molecule has 1 aromatic heterocycles. The quantitative estimate of drug-likeness (QED) is 0.345. The Morgan fingerprint density at radius 2 is 1.57 bits per heavy atom. The Morgan fingerprint density at radius 3 is 2.14 bits per heavy atom. The van der Waals surface area contributed by atoms with Crippen molar-refractivity contribution in [2.24, 2.45) is 0 Å². The number of fused-ring (bicyclic) bond motifs is 3. The van der Waals surface area contributed by atoms with Crippen molar-refractivity contribution in [3.63, 3.8) is 0 Å². The van der Waals surface area contributed by atoms with Crippen LogP contribution in [-0.2, 0) is 16.0 Å². The predicted octanol–water partition coefficient (Wildman–Crippen LogP) is 5.29. The van der Waals surface area contributed by atoms with Gasteiger partial charge in [-0.25, -0.2) is 9.59 Å². The van der Waals surface area contributed by atoms with Crippen molar-refractivity contribution in [2.75, 3.05) is 13.7 Å². The van der Waals surface area contributed by atoms with Crippen molar-refractivity contribution in [1.82, 2.24) is 10.3 Å². The number of nitrogens with zero attached hydrogens (tertiary/aromatic N) is 1. The Balaban J connectivity index is 1.22. The molecule has 3 aromatic carbocycles. The van der Waals surface area contributed by atoms with E-state index in [1.807, 2.05) is 72.8 Å². The van der Waals surface area contributed by atoms with Gasteiger partial charge >= 0.3 is 12.1 Å². The van der Waals surface area contributed by atoms with Gasteiger partial charge in [-0.2, -0.15) is 0 Å². The molecular formula is C30H26N2O5. The van der Waals surface area contributed by atoms with Gasteiger partial charge in [0.1, 0.15) is 18.4 Å². The third kappa shape index (κ3) is 5.16. The van der Waals surface area contributed by atoms with Gasteiger partial charge in [-0.05, 0) is 39.9 Å². The molecule has 0 radical (unpaired) electrons. The van der Waals surface area contributed by atoms with Gasteiger partial charge in [0.15, 0.2) is 0 Å². The van der Waals surface area contributed by atoms with E-state index in [-0.39, 0.29) is 18.9 Å². The third-order valence-corrected chi connectivity index (χ3v) is 6.60. The first-order chi connectivity index (χ1) is 18.0. The summed E-state index contributed by atoms with van der Waals surface area (Å²) >= 11 is 0. The summed E-state index contributed by atoms with van der Waals surface area (Å²) < 4.78 is 10.7. The Kier molecular flexibility index (Phi) is 6.85. The number of carboxylic acids is 1. The number of carbonyl (C=O) groups excluding carboxylic acids is 1. The largest absolute Gasteiger partial charge is 0.495 e. The Bertz CT molecular complexity index is 1370. The van der Waals surface area contributed by atoms with E-state index in [0.29, 0.717) is 5.75 Å². The van der Waals surface area contributed by atoms with Crippen molar-refractivity contribution < 1.29 is 24.2 Å². The van der Waals surface area contributed by atoms with Crippen molar-refractivity contribution in [3.05, 3.63) is 108 Å². The molecule has 5 rings (SSSR count). The van der Waals surface area contributed by atoms with Gasteiger partial charge in [0.05, 0.1) is 19.0 Å². The molecule has 0 saturated carbocycles. The lowest BCUT2D eigenvalue weighted by Gasteiger charge is -2.17. The summed E-state index contributed by atoms with van der Waals surface area (Å²) in [4.78, 5) is 28.9. The average molecular weight is 495 g/mol. The van der Waals surface area contributed by atoms with Crippen LogP contribution >= 0.6 is 0 Å². The van der Waals surface area contributed by atoms with Crippen LogP contribution in [0.4, 0.5) is 4.79 Å². The summed E-state index contributed by atoms with van der Waals surface area (Å²) in [5.41, 5.74) is 6.88. The Hall–Kier alpha value is -4.65. The molecule has 1 atom stereocenters. The zero-order valence-electron chi connectivity index (χ0n) is 20.3. The van der Waals surface area contributed by atoms with E-state index in [1.165, 1.54) is 0 Å². The topological polar surface area (TPSA) is 97.8 Å². The van der Waals surface area contributed by atoms with Gasteiger partial charge < -0.3 is 19.9 Å². The molecule has 0 bridgehead atoms. The van der Waals surface area contributed by atoms with Crippen LogP contribution in [-0.4, -0.2) is 41.9 Å². The van der Waals surface area contributed by atoms with Crippen molar-refractivity contribution in [2.45, 2.75) is 18.4 Å². The molecule has 0 saturated heterocycles. The first kappa shape index (κ1) is 24.1. The number of rotatable bonds is 8. The van der Waals surface area contributed by atoms with Gasteiger partial charge in [-0.1, -0.05) is 72.8 Å². The van der Waals surface area contributed by atoms with E-state index in [1.54, 1.807) is 13.3 Å². The number of hydrogen-bond donors (Lipinski definition) is 2. The number of ether oxygens (including phenoxy) is 2. The van der Waals surface area contributed by atoms with Crippen LogP contribution in [0.15, 0.2) is 91.1 Å². The number of carbonyl (C=O) groups is 2. The van der Waals surface area contributed by atoms with Crippen LogP contribution in [0, 0.1) is 0 Å². The summed E-state index contributed by atoms with van der Waals surface area (Å²) in [5, 5.41) is 12.2. The van der Waals surface area contributed by atoms with E-state index >= 15 is 0 Å². The van der Waals surface area contributed by atoms with E-state index in [9.17, 15) is 14.7 Å². The SMILES string of the molecule is COc1ccc(-c2ccc(C[C@H](NC(=O)OCC3c4ccccc4-c4ccccc43)C(=O)O)cc2)nc1. The molecule has 2 N–H and O–H groups in total. The predicted molar refractivity (Wildman–Crippen MR) is 140 cm³/mol. The maximum atomic E-state index is 12.6. The highest BCUT2D eigenvalue weighted by Gasteiger charge is 2.29. The molecule has 4 aromatic rings. The summed E-state index contributed by atoms with van der Waals surface area (Å²) in [5.74, 6) is -0.557. The molecule has 1 amide bonds. The number of hydrogen-bond acceptors (Lipinski definition) is 5. The molecule has 7 heteroatoms. The van der Waals surface area contributed by atoms with Gasteiger partial charge in [0, 0.05) is 17.9 Å². The Morgan fingerprint density at radius 1 is 0.919 bits per heavy atom. The minimum atomic E-state index is -1.13. The summed E-state index contributed by atoms with van der Waals surface area (Å²) in [6, 6.07) is 26.1. The molecule has 1 aliphatic rings. The number of pyridine rings is 1. The van der Waals surface area contributed by atoms with Crippen molar-refractivity contribution in [3.8, 4) is 28.1 Å². The molecule has 37 heavy (non-hydrogen) atoms. The number of amides is 1. The zero-order chi connectivity index (χ0) is 25.8. The molecule has 186 valence electrons. The number of aromatic nitrogens is 1. The molecule has 0 aliphatic heterocycles. The minimum Gasteiger partial charge on any atom is -0.495 e. The lowest BCUT2D eigenvalue weighted by Crippen LogP contribution is -2.42. The fourth-order valence-corrected chi connectivity index (χ4v) is 4.70. The van der Waals surface area contributed by atoms with Crippen LogP contribution in [0.2, 0.25) is 0 Å². The van der Waals surface area contributed by atoms with Crippen molar-refractivity contribution >= 4 is 12.1 Å². The van der Waals surface area contributed by atoms with Crippen molar-refractivity contribution in [1.29, 1.82) is 0 Å². The van der Waals surface area contributed by atoms with Gasteiger partial charge in [0.25, 0.3) is 0 Å². The van der Waals surface area contributed by atoms with Crippen LogP contribution in [0.5, 0.6) is 5.75 Å². The first-order valence-electron chi connectivity index (χ1n) is 12.0. The molecule has 0 spiro atoms. The third-order valence-electron chi connectivity index (χ3n) is 6.60. The number of carboxylic acid groups (broad SMARTS) is 1. The second-order valence-electron chi connectivity index (χ2n) is 8.85. The van der Waals surface area contributed by atoms with Gasteiger partial charge in [-0.15, -0.1) is 0 Å². The second-order valence-corrected chi connectivity index (χ2v) is 8.85. The van der Waals surface area contributed by atoms with Crippen LogP contribution < -0.4 is 10.1 Å². The maximum Gasteiger partial charge on any atom is 0.407 e. The maximum absolute atomic E-state index is 12.6. The first-order valence-corrected chi connectivity index (χ1v) is 12.0. The van der Waals surface area contributed by atoms with E-state index in [2.05, 4.69) is 22.4 Å². The normalized spacial score (nSPS) is 12.8. The average Bonchev–Trinajstić information content (AvgIpc) is 3.25. The highest BCUT2D eigenvalue weighted by Crippen LogP contribution is 2.44. The summed E-state index contributed by atoms with van der Waals surface area (Å²) in [6.45, 7) is 0.121. The fourth-order valence-electron chi connectivity index (χ4n) is 4.70. The minimum absolute atomic E-state index is 0.0967. The highest BCUT2D eigenvalue weighted by atomic mass is 16.5. The molecule has 0 fully saturated rings. The molecule has 0 unspecified atom stereocenters. The number of aliphatic carboxylic acids is 1. The van der Waals surface area contributed by atoms with E-state index < -0.39 is 18.1 Å². The molecule has 1 heterocycles. The molecule has 1 aliphatic carbocycles. The second kappa shape index (κ2) is 10.5. The lowest BCUT2D eigenvalue weighted by molar-refractivity contribution is -0.139. The van der Waals surface area contributed by atoms with Gasteiger partial charge in [-0.3, -0.25) is 4.98 Å². The molecule has 7 nitrogen and oxygen atoms in total. The number of benzene rings is 3. The van der Waals surface area contributed by atoms with Gasteiger partial charge in [0.2, 0.25) is 0 Å². The number of alkyl carbamates (subject to hydrolysis) is 1. The van der Waals surface area contributed by atoms with E-state index in [0.717, 1.165) is 39.1 Å². The Labute approximate surface area is 214 Å². The van der Waals surface area contributed by atoms with Crippen LogP contribution in [0.3, 0.4) is 0 Å². The highest BCUT2D eigenvalue weighted by molar-refractivity contribution is 5.81. The number of nitrogens with one attached hydrogen (secondary N) is 1. The lowest BCUT2D eigenvalue weighted by atomic mass is 9.98. The number of methoxy groups -OCH3 is 1.